The van der Waals surface area contributed by atoms with E-state index in [1.165, 1.54) is 0 Å². The molecule has 2 aromatic rings. The Morgan fingerprint density at radius 1 is 1.56 bits per heavy atom. The third-order valence-corrected chi connectivity index (χ3v) is 4.24. The van der Waals surface area contributed by atoms with Crippen molar-refractivity contribution in [2.45, 2.75) is 26.3 Å². The van der Waals surface area contributed by atoms with Crippen LogP contribution in [-0.4, -0.2) is 58.8 Å². The van der Waals surface area contributed by atoms with Crippen LogP contribution in [0.25, 0.3) is 11.6 Å². The minimum absolute atomic E-state index is 0. The molecule has 0 amide bonds. The van der Waals surface area contributed by atoms with Crippen LogP contribution in [0.2, 0.25) is 0 Å². The number of nitrogens with one attached hydrogen (secondary N) is 2. The molecule has 0 radical (unpaired) electrons. The molecule has 0 bridgehead atoms. The van der Waals surface area contributed by atoms with Gasteiger partial charge < -0.3 is 19.4 Å². The van der Waals surface area contributed by atoms with E-state index < -0.39 is 0 Å². The first-order valence-corrected chi connectivity index (χ1v) is 8.78. The minimum Gasteiger partial charge on any atom is -0.466 e. The summed E-state index contributed by atoms with van der Waals surface area (Å²) in [6.45, 7) is 4.14. The van der Waals surface area contributed by atoms with Crippen LogP contribution in [0, 0.1) is 5.92 Å². The van der Waals surface area contributed by atoms with E-state index in [2.05, 4.69) is 30.4 Å². The maximum atomic E-state index is 12.0. The van der Waals surface area contributed by atoms with Gasteiger partial charge in [-0.15, -0.1) is 29.1 Å². The number of hydrogen-bond acceptors (Lipinski definition) is 6. The quantitative estimate of drug-likeness (QED) is 0.287. The number of guanidine groups is 1. The lowest BCUT2D eigenvalue weighted by Gasteiger charge is -2.33. The summed E-state index contributed by atoms with van der Waals surface area (Å²) >= 11 is 0. The van der Waals surface area contributed by atoms with Crippen molar-refractivity contribution in [1.29, 1.82) is 0 Å². The third kappa shape index (κ3) is 5.44. The number of carbonyl (C=O) groups is 1. The summed E-state index contributed by atoms with van der Waals surface area (Å²) in [4.78, 5) is 22.8. The van der Waals surface area contributed by atoms with E-state index in [9.17, 15) is 4.79 Å². The molecule has 0 aromatic carbocycles. The maximum absolute atomic E-state index is 12.0. The highest BCUT2D eigenvalue weighted by molar-refractivity contribution is 14.0. The average molecular weight is 488 g/mol. The minimum atomic E-state index is -0.133. The first-order valence-electron chi connectivity index (χ1n) is 8.78. The normalized spacial score (nSPS) is 17.3. The molecular weight excluding hydrogens is 463 g/mol. The Bertz CT molecular complexity index is 746. The monoisotopic (exact) mass is 488 g/mol. The SMILES string of the molecule is CCOC(=O)[C@H]1CCCN(C(=NC)NCc2nc(-c3ccco3)n[nH]2)C1.I. The lowest BCUT2D eigenvalue weighted by Crippen LogP contribution is -2.48. The van der Waals surface area contributed by atoms with Gasteiger partial charge in [-0.25, -0.2) is 4.98 Å². The molecule has 1 aliphatic rings. The van der Waals surface area contributed by atoms with E-state index in [0.29, 0.717) is 37.1 Å². The molecule has 0 unspecified atom stereocenters. The van der Waals surface area contributed by atoms with Crippen LogP contribution in [-0.2, 0) is 16.1 Å². The van der Waals surface area contributed by atoms with E-state index in [-0.39, 0.29) is 35.9 Å². The van der Waals surface area contributed by atoms with Crippen LogP contribution in [0.1, 0.15) is 25.6 Å². The first kappa shape index (κ1) is 21.2. The summed E-state index contributed by atoms with van der Waals surface area (Å²) in [6.07, 6.45) is 3.36. The Morgan fingerprint density at radius 3 is 3.11 bits per heavy atom. The van der Waals surface area contributed by atoms with E-state index >= 15 is 0 Å². The molecule has 0 spiro atoms. The van der Waals surface area contributed by atoms with Crippen LogP contribution in [0.3, 0.4) is 0 Å². The van der Waals surface area contributed by atoms with Gasteiger partial charge in [0.15, 0.2) is 11.7 Å². The van der Waals surface area contributed by atoms with Crippen molar-refractivity contribution in [3.8, 4) is 11.6 Å². The lowest BCUT2D eigenvalue weighted by atomic mass is 9.98. The van der Waals surface area contributed by atoms with E-state index in [1.54, 1.807) is 19.4 Å². The first-order chi connectivity index (χ1) is 12.7. The number of ether oxygens (including phenoxy) is 1. The Morgan fingerprint density at radius 2 is 2.41 bits per heavy atom. The molecule has 9 nitrogen and oxygen atoms in total. The zero-order chi connectivity index (χ0) is 18.4. The van der Waals surface area contributed by atoms with Gasteiger partial charge in [0.25, 0.3) is 0 Å². The van der Waals surface area contributed by atoms with Crippen LogP contribution < -0.4 is 5.32 Å². The summed E-state index contributed by atoms with van der Waals surface area (Å²) in [5.41, 5.74) is 0. The number of aromatic nitrogens is 3. The number of likely N-dealkylation sites (tertiary alicyclic amines) is 1. The smallest absolute Gasteiger partial charge is 0.310 e. The summed E-state index contributed by atoms with van der Waals surface area (Å²) < 4.78 is 10.4. The van der Waals surface area contributed by atoms with Crippen molar-refractivity contribution < 1.29 is 13.9 Å². The van der Waals surface area contributed by atoms with Crippen LogP contribution in [0.4, 0.5) is 0 Å². The van der Waals surface area contributed by atoms with Crippen molar-refractivity contribution in [3.05, 3.63) is 24.2 Å². The number of hydrogen-bond donors (Lipinski definition) is 2. The van der Waals surface area contributed by atoms with Gasteiger partial charge in [0.2, 0.25) is 5.82 Å². The predicted molar refractivity (Wildman–Crippen MR) is 111 cm³/mol. The molecule has 1 aliphatic heterocycles. The maximum Gasteiger partial charge on any atom is 0.310 e. The summed E-state index contributed by atoms with van der Waals surface area (Å²) in [7, 11) is 1.73. The number of carbonyl (C=O) groups excluding carboxylic acids is 1. The van der Waals surface area contributed by atoms with E-state index in [0.717, 1.165) is 25.3 Å². The molecule has 27 heavy (non-hydrogen) atoms. The number of piperidine rings is 1. The molecule has 0 aliphatic carbocycles. The predicted octanol–water partition coefficient (Wildman–Crippen LogP) is 2.03. The van der Waals surface area contributed by atoms with Gasteiger partial charge in [0.05, 0.1) is 25.3 Å². The van der Waals surface area contributed by atoms with E-state index in [1.807, 2.05) is 13.0 Å². The van der Waals surface area contributed by atoms with Gasteiger partial charge in [-0.05, 0) is 31.9 Å². The zero-order valence-corrected chi connectivity index (χ0v) is 17.8. The standard InChI is InChI=1S/C17H24N6O3.HI/c1-3-25-16(24)12-6-4-8-23(11-12)17(18-2)19-10-14-20-15(22-21-14)13-7-5-9-26-13;/h5,7,9,12H,3-4,6,8,10-11H2,1-2H3,(H,18,19)(H,20,21,22);1H/t12-;/m0./s1. The third-order valence-electron chi connectivity index (χ3n) is 4.24. The fourth-order valence-corrected chi connectivity index (χ4v) is 3.01. The van der Waals surface area contributed by atoms with Gasteiger partial charge >= 0.3 is 5.97 Å². The molecule has 1 atom stereocenters. The highest BCUT2D eigenvalue weighted by Crippen LogP contribution is 2.18. The molecule has 2 aromatic heterocycles. The van der Waals surface area contributed by atoms with Gasteiger partial charge in [-0.3, -0.25) is 14.9 Å². The number of halogens is 1. The Kier molecular flexibility index (Phi) is 8.07. The average Bonchev–Trinajstić information content (AvgIpc) is 3.34. The fraction of sp³-hybridized carbons (Fsp3) is 0.529. The van der Waals surface area contributed by atoms with Crippen molar-refractivity contribution in [3.63, 3.8) is 0 Å². The molecule has 0 saturated carbocycles. The van der Waals surface area contributed by atoms with Crippen molar-refractivity contribution in [2.24, 2.45) is 10.9 Å². The van der Waals surface area contributed by atoms with Crippen LogP contribution in [0.5, 0.6) is 0 Å². The van der Waals surface area contributed by atoms with Gasteiger partial charge in [-0.1, -0.05) is 0 Å². The van der Waals surface area contributed by atoms with Gasteiger partial charge in [-0.2, -0.15) is 0 Å². The molecule has 3 heterocycles. The second-order valence-corrected chi connectivity index (χ2v) is 6.02. The molecule has 1 saturated heterocycles. The number of H-pyrrole nitrogens is 1. The highest BCUT2D eigenvalue weighted by atomic mass is 127. The second-order valence-electron chi connectivity index (χ2n) is 6.02. The summed E-state index contributed by atoms with van der Waals surface area (Å²) in [5.74, 6) is 2.29. The summed E-state index contributed by atoms with van der Waals surface area (Å²) in [6, 6.07) is 3.60. The van der Waals surface area contributed by atoms with Crippen LogP contribution >= 0.6 is 24.0 Å². The molecule has 3 rings (SSSR count). The Labute approximate surface area is 175 Å². The number of furan rings is 1. The topological polar surface area (TPSA) is 109 Å². The molecular formula is C17H25IN6O3. The van der Waals surface area contributed by atoms with Crippen molar-refractivity contribution >= 4 is 35.9 Å². The molecule has 1 fully saturated rings. The second kappa shape index (κ2) is 10.3. The number of esters is 1. The van der Waals surface area contributed by atoms with Crippen molar-refractivity contribution in [2.75, 3.05) is 26.7 Å². The van der Waals surface area contributed by atoms with Crippen molar-refractivity contribution in [1.82, 2.24) is 25.4 Å². The molecule has 148 valence electrons. The Balaban J connectivity index is 0.00000261. The molecule has 2 N–H and O–H groups in total. The number of nitrogens with zero attached hydrogens (tertiary/aromatic N) is 4. The largest absolute Gasteiger partial charge is 0.466 e. The van der Waals surface area contributed by atoms with Gasteiger partial charge in [0, 0.05) is 20.1 Å². The van der Waals surface area contributed by atoms with Crippen LogP contribution in [0.15, 0.2) is 27.8 Å². The number of aliphatic imine (C=N–C) groups is 1. The Hall–Kier alpha value is -2.11. The highest BCUT2D eigenvalue weighted by Gasteiger charge is 2.28. The molecule has 10 heteroatoms. The number of rotatable bonds is 5. The lowest BCUT2D eigenvalue weighted by molar-refractivity contribution is -0.149. The van der Waals surface area contributed by atoms with Gasteiger partial charge in [0.1, 0.15) is 5.82 Å². The number of aromatic amines is 1. The summed E-state index contributed by atoms with van der Waals surface area (Å²) in [5, 5.41) is 10.3. The van der Waals surface area contributed by atoms with E-state index in [4.69, 9.17) is 9.15 Å². The zero-order valence-electron chi connectivity index (χ0n) is 15.5. The fourth-order valence-electron chi connectivity index (χ4n) is 3.01.